The molecule has 2 atom stereocenters. The topological polar surface area (TPSA) is 20.3 Å². The van der Waals surface area contributed by atoms with Gasteiger partial charge in [0, 0.05) is 18.5 Å². The molecule has 2 heteroatoms. The largest absolute Gasteiger partial charge is 0.337 e. The molecule has 2 aliphatic heterocycles. The number of fused-ring (bicyclic) bond motifs is 2. The Morgan fingerprint density at radius 1 is 1.29 bits per heavy atom. The summed E-state index contributed by atoms with van der Waals surface area (Å²) in [6.45, 7) is 1.99. The van der Waals surface area contributed by atoms with E-state index in [0.29, 0.717) is 29.8 Å². The van der Waals surface area contributed by atoms with Gasteiger partial charge in [-0.15, -0.1) is 0 Å². The third kappa shape index (κ3) is 1.12. The molecule has 2 saturated heterocycles. The zero-order valence-electron chi connectivity index (χ0n) is 8.96. The van der Waals surface area contributed by atoms with E-state index in [9.17, 15) is 4.79 Å². The highest BCUT2D eigenvalue weighted by atomic mass is 16.2. The van der Waals surface area contributed by atoms with Crippen LogP contribution in [0.3, 0.4) is 0 Å². The maximum absolute atomic E-state index is 11.8. The van der Waals surface area contributed by atoms with E-state index in [1.54, 1.807) is 0 Å². The summed E-state index contributed by atoms with van der Waals surface area (Å²) in [5.41, 5.74) is 0.705. The molecular weight excluding hydrogens is 174 g/mol. The second-order valence-electron chi connectivity index (χ2n) is 5.45. The molecule has 14 heavy (non-hydrogen) atoms. The monoisotopic (exact) mass is 193 g/mol. The SMILES string of the molecule is CCC(=O)N1C2CCC1CC1(CC1)C2. The molecule has 1 amide bonds. The van der Waals surface area contributed by atoms with Crippen molar-refractivity contribution in [3.8, 4) is 0 Å². The number of rotatable bonds is 1. The van der Waals surface area contributed by atoms with Crippen LogP contribution in [-0.4, -0.2) is 22.9 Å². The van der Waals surface area contributed by atoms with Gasteiger partial charge in [0.15, 0.2) is 0 Å². The normalized spacial score (nSPS) is 37.6. The lowest BCUT2D eigenvalue weighted by molar-refractivity contribution is -0.136. The first kappa shape index (κ1) is 8.75. The van der Waals surface area contributed by atoms with Crippen LogP contribution in [0.1, 0.15) is 51.9 Å². The average Bonchev–Trinajstić information content (AvgIpc) is 2.87. The third-order valence-corrected chi connectivity index (χ3v) is 4.50. The molecule has 1 spiro atoms. The molecule has 2 bridgehead atoms. The summed E-state index contributed by atoms with van der Waals surface area (Å²) in [6.07, 6.45) is 8.75. The van der Waals surface area contributed by atoms with Gasteiger partial charge in [0.1, 0.15) is 0 Å². The fourth-order valence-electron chi connectivity index (χ4n) is 3.62. The molecule has 78 valence electrons. The maximum atomic E-state index is 11.8. The number of hydrogen-bond acceptors (Lipinski definition) is 1. The highest BCUT2D eigenvalue weighted by Crippen LogP contribution is 2.59. The van der Waals surface area contributed by atoms with E-state index in [1.165, 1.54) is 38.5 Å². The zero-order chi connectivity index (χ0) is 9.76. The summed E-state index contributed by atoms with van der Waals surface area (Å²) in [4.78, 5) is 14.0. The van der Waals surface area contributed by atoms with E-state index in [-0.39, 0.29) is 0 Å². The lowest BCUT2D eigenvalue weighted by atomic mass is 9.87. The van der Waals surface area contributed by atoms with Crippen LogP contribution >= 0.6 is 0 Å². The van der Waals surface area contributed by atoms with E-state index in [1.807, 2.05) is 6.92 Å². The maximum Gasteiger partial charge on any atom is 0.222 e. The van der Waals surface area contributed by atoms with Gasteiger partial charge >= 0.3 is 0 Å². The van der Waals surface area contributed by atoms with Gasteiger partial charge in [-0.3, -0.25) is 4.79 Å². The zero-order valence-corrected chi connectivity index (χ0v) is 8.96. The summed E-state index contributed by atoms with van der Waals surface area (Å²) in [5.74, 6) is 0.396. The minimum Gasteiger partial charge on any atom is -0.337 e. The molecule has 3 fully saturated rings. The van der Waals surface area contributed by atoms with Crippen LogP contribution in [0.5, 0.6) is 0 Å². The molecule has 3 rings (SSSR count). The van der Waals surface area contributed by atoms with Gasteiger partial charge in [-0.2, -0.15) is 0 Å². The van der Waals surface area contributed by atoms with E-state index in [2.05, 4.69) is 4.90 Å². The second-order valence-corrected chi connectivity index (χ2v) is 5.45. The van der Waals surface area contributed by atoms with Gasteiger partial charge in [-0.05, 0) is 43.9 Å². The first-order valence-corrected chi connectivity index (χ1v) is 6.05. The Labute approximate surface area is 85.7 Å². The molecule has 2 unspecified atom stereocenters. The predicted molar refractivity (Wildman–Crippen MR) is 54.8 cm³/mol. The number of carbonyl (C=O) groups is 1. The molecule has 0 aromatic heterocycles. The minimum atomic E-state index is 0.396. The van der Waals surface area contributed by atoms with Crippen molar-refractivity contribution >= 4 is 5.91 Å². The van der Waals surface area contributed by atoms with E-state index in [4.69, 9.17) is 0 Å². The fourth-order valence-corrected chi connectivity index (χ4v) is 3.62. The van der Waals surface area contributed by atoms with Gasteiger partial charge in [-0.1, -0.05) is 6.92 Å². The Morgan fingerprint density at radius 2 is 1.86 bits per heavy atom. The average molecular weight is 193 g/mol. The molecule has 2 heterocycles. The Bertz CT molecular complexity index is 253. The Kier molecular flexibility index (Phi) is 1.71. The second kappa shape index (κ2) is 2.74. The van der Waals surface area contributed by atoms with Crippen molar-refractivity contribution < 1.29 is 4.79 Å². The lowest BCUT2D eigenvalue weighted by Gasteiger charge is -2.39. The minimum absolute atomic E-state index is 0.396. The van der Waals surface area contributed by atoms with Crippen LogP contribution < -0.4 is 0 Å². The van der Waals surface area contributed by atoms with E-state index < -0.39 is 0 Å². The highest BCUT2D eigenvalue weighted by molar-refractivity contribution is 5.77. The summed E-state index contributed by atoms with van der Waals surface area (Å²) < 4.78 is 0. The number of amides is 1. The quantitative estimate of drug-likeness (QED) is 0.626. The number of carbonyl (C=O) groups excluding carboxylic acids is 1. The Hall–Kier alpha value is -0.530. The number of piperidine rings is 1. The van der Waals surface area contributed by atoms with Crippen LogP contribution in [0.4, 0.5) is 0 Å². The molecule has 1 saturated carbocycles. The molecular formula is C12H19NO. The third-order valence-electron chi connectivity index (χ3n) is 4.50. The highest BCUT2D eigenvalue weighted by Gasteiger charge is 2.54. The van der Waals surface area contributed by atoms with Crippen LogP contribution in [0.2, 0.25) is 0 Å². The van der Waals surface area contributed by atoms with Crippen molar-refractivity contribution in [2.75, 3.05) is 0 Å². The predicted octanol–water partition coefficient (Wildman–Crippen LogP) is 2.33. The van der Waals surface area contributed by atoms with Crippen LogP contribution in [0, 0.1) is 5.41 Å². The number of nitrogens with zero attached hydrogens (tertiary/aromatic N) is 1. The van der Waals surface area contributed by atoms with Gasteiger partial charge in [0.25, 0.3) is 0 Å². The molecule has 0 N–H and O–H groups in total. The van der Waals surface area contributed by atoms with Gasteiger partial charge in [0.05, 0.1) is 0 Å². The van der Waals surface area contributed by atoms with E-state index in [0.717, 1.165) is 0 Å². The van der Waals surface area contributed by atoms with Crippen molar-refractivity contribution in [1.29, 1.82) is 0 Å². The van der Waals surface area contributed by atoms with Gasteiger partial charge < -0.3 is 4.90 Å². The van der Waals surface area contributed by atoms with Crippen molar-refractivity contribution in [3.63, 3.8) is 0 Å². The Balaban J connectivity index is 1.80. The van der Waals surface area contributed by atoms with Crippen LogP contribution in [0.15, 0.2) is 0 Å². The number of hydrogen-bond donors (Lipinski definition) is 0. The van der Waals surface area contributed by atoms with Gasteiger partial charge in [0.2, 0.25) is 5.91 Å². The van der Waals surface area contributed by atoms with E-state index >= 15 is 0 Å². The van der Waals surface area contributed by atoms with Crippen LogP contribution in [0.25, 0.3) is 0 Å². The first-order valence-electron chi connectivity index (χ1n) is 6.05. The summed E-state index contributed by atoms with van der Waals surface area (Å²) in [6, 6.07) is 1.23. The molecule has 3 aliphatic rings. The fraction of sp³-hybridized carbons (Fsp3) is 0.917. The van der Waals surface area contributed by atoms with Crippen molar-refractivity contribution in [2.24, 2.45) is 5.41 Å². The lowest BCUT2D eigenvalue weighted by Crippen LogP contribution is -2.46. The van der Waals surface area contributed by atoms with Gasteiger partial charge in [-0.25, -0.2) is 0 Å². The molecule has 0 radical (unpaired) electrons. The Morgan fingerprint density at radius 3 is 2.29 bits per heavy atom. The first-order chi connectivity index (χ1) is 6.74. The summed E-state index contributed by atoms with van der Waals surface area (Å²) in [7, 11) is 0. The van der Waals surface area contributed by atoms with Crippen molar-refractivity contribution in [1.82, 2.24) is 4.90 Å². The summed E-state index contributed by atoms with van der Waals surface area (Å²) >= 11 is 0. The van der Waals surface area contributed by atoms with Crippen molar-refractivity contribution in [3.05, 3.63) is 0 Å². The summed E-state index contributed by atoms with van der Waals surface area (Å²) in [5, 5.41) is 0. The standard InChI is InChI=1S/C12H19NO/c1-2-11(14)13-9-3-4-10(13)8-12(7-9)5-6-12/h9-10H,2-8H2,1H3. The van der Waals surface area contributed by atoms with Crippen molar-refractivity contribution in [2.45, 2.75) is 64.0 Å². The molecule has 0 aromatic carbocycles. The molecule has 1 aliphatic carbocycles. The van der Waals surface area contributed by atoms with Crippen LogP contribution in [-0.2, 0) is 4.79 Å². The smallest absolute Gasteiger partial charge is 0.222 e. The molecule has 0 aromatic rings. The molecule has 2 nitrogen and oxygen atoms in total.